The molecule has 3 fully saturated rings. The second-order valence-electron chi connectivity index (χ2n) is 19.2. The Balaban J connectivity index is 0.930. The minimum Gasteiger partial charge on any atom is -0.476 e. The van der Waals surface area contributed by atoms with Crippen molar-refractivity contribution in [3.8, 4) is 16.9 Å². The van der Waals surface area contributed by atoms with Crippen LogP contribution in [-0.4, -0.2) is 37.1 Å². The lowest BCUT2D eigenvalue weighted by molar-refractivity contribution is -0.175. The average Bonchev–Trinajstić information content (AvgIpc) is 4.22. The molecule has 0 bridgehead atoms. The molecule has 0 amide bonds. The van der Waals surface area contributed by atoms with Gasteiger partial charge in [0, 0.05) is 12.0 Å². The fourth-order valence-electron chi connectivity index (χ4n) is 10.7. The lowest BCUT2D eigenvalue weighted by Gasteiger charge is -2.41. The van der Waals surface area contributed by atoms with Crippen LogP contribution in [0.15, 0.2) is 247 Å². The molecule has 4 heterocycles. The first kappa shape index (κ1) is 46.7. The molecule has 12 rings (SSSR count). The van der Waals surface area contributed by atoms with Gasteiger partial charge in [0.15, 0.2) is 22.9 Å². The Labute approximate surface area is 428 Å². The Hall–Kier alpha value is -7.36. The smallest absolute Gasteiger partial charge is 0.399 e. The quantitative estimate of drug-likeness (QED) is 0.121. The third-order valence-corrected chi connectivity index (χ3v) is 15.3. The highest BCUT2D eigenvalue weighted by atomic mass is 31.2. The van der Waals surface area contributed by atoms with E-state index in [1.54, 1.807) is 0 Å². The molecule has 4 aliphatic rings. The molecule has 0 aliphatic carbocycles. The predicted octanol–water partition coefficient (Wildman–Crippen LogP) is 13.7. The number of aliphatic imine (C=N–C) groups is 1. The molecule has 0 unspecified atom stereocenters. The first-order chi connectivity index (χ1) is 35.9. The molecule has 1 N–H and O–H groups in total. The molecule has 8 aromatic rings. The predicted molar refractivity (Wildman–Crippen MR) is 284 cm³/mol. The van der Waals surface area contributed by atoms with Gasteiger partial charge in [-0.3, -0.25) is 9.05 Å². The highest BCUT2D eigenvalue weighted by Crippen LogP contribution is 2.65. The lowest BCUT2D eigenvalue weighted by atomic mass is 9.72. The molecule has 9 nitrogen and oxygen atoms in total. The maximum absolute atomic E-state index is 7.67. The summed E-state index contributed by atoms with van der Waals surface area (Å²) in [6, 6.07) is 78.2. The molecule has 0 radical (unpaired) electrons. The summed E-state index contributed by atoms with van der Waals surface area (Å²) >= 11 is 0. The van der Waals surface area contributed by atoms with E-state index in [0.717, 1.165) is 55.6 Å². The van der Waals surface area contributed by atoms with Crippen LogP contribution < -0.4 is 9.84 Å². The molecule has 0 spiro atoms. The Bertz CT molecular complexity index is 3030. The number of hydrogen-bond acceptors (Lipinski definition) is 9. The Kier molecular flexibility index (Phi) is 12.7. The van der Waals surface area contributed by atoms with Crippen LogP contribution in [0.4, 0.5) is 0 Å². The lowest BCUT2D eigenvalue weighted by Crippen LogP contribution is -2.53. The topological polar surface area (TPSA) is 89.0 Å². The van der Waals surface area contributed by atoms with Crippen molar-refractivity contribution in [2.24, 2.45) is 4.99 Å². The number of ether oxygens (including phenoxy) is 4. The summed E-state index contributed by atoms with van der Waals surface area (Å²) in [5.41, 5.74) is 7.02. The van der Waals surface area contributed by atoms with Crippen molar-refractivity contribution < 1.29 is 32.5 Å². The van der Waals surface area contributed by atoms with Gasteiger partial charge >= 0.3 is 8.60 Å². The van der Waals surface area contributed by atoms with E-state index in [1.807, 2.05) is 129 Å². The fraction of sp³-hybridized carbons (Fsp3) is 0.190. The molecular weight excluding hydrogens is 928 g/mol. The normalized spacial score (nSPS) is 22.4. The van der Waals surface area contributed by atoms with E-state index >= 15 is 0 Å². The van der Waals surface area contributed by atoms with Crippen molar-refractivity contribution in [3.05, 3.63) is 281 Å². The van der Waals surface area contributed by atoms with Gasteiger partial charge in [0.1, 0.15) is 37.2 Å². The molecule has 73 heavy (non-hydrogen) atoms. The summed E-state index contributed by atoms with van der Waals surface area (Å²) in [6.45, 7) is 4.87. The van der Waals surface area contributed by atoms with E-state index in [1.165, 1.54) is 0 Å². The van der Waals surface area contributed by atoms with Crippen LogP contribution in [0.25, 0.3) is 11.1 Å². The number of hydrogen-bond donors (Lipinski definition) is 1. The molecule has 10 heteroatoms. The van der Waals surface area contributed by atoms with Crippen LogP contribution in [0.2, 0.25) is 0 Å². The van der Waals surface area contributed by atoms with Crippen LogP contribution in [0.5, 0.6) is 5.75 Å². The molecular formula is C63H55N2O7P. The van der Waals surface area contributed by atoms with E-state index < -0.39 is 37.8 Å². The molecule has 4 atom stereocenters. The fourth-order valence-corrected chi connectivity index (χ4v) is 12.2. The molecule has 3 saturated heterocycles. The Morgan fingerprint density at radius 1 is 0.534 bits per heavy atom. The van der Waals surface area contributed by atoms with E-state index in [-0.39, 0.29) is 12.1 Å². The van der Waals surface area contributed by atoms with Gasteiger partial charge in [-0.15, -0.1) is 0 Å². The van der Waals surface area contributed by atoms with Crippen molar-refractivity contribution in [2.75, 3.05) is 13.2 Å². The van der Waals surface area contributed by atoms with Gasteiger partial charge in [-0.2, -0.15) is 0 Å². The highest BCUT2D eigenvalue weighted by molar-refractivity contribution is 7.42. The van der Waals surface area contributed by atoms with Crippen molar-refractivity contribution in [2.45, 2.75) is 61.5 Å². The third-order valence-electron chi connectivity index (χ3n) is 14.1. The average molecular weight is 983 g/mol. The summed E-state index contributed by atoms with van der Waals surface area (Å²) < 4.78 is 49.9. The van der Waals surface area contributed by atoms with E-state index in [9.17, 15) is 0 Å². The maximum atomic E-state index is 7.67. The highest BCUT2D eigenvalue weighted by Gasteiger charge is 2.67. The minimum atomic E-state index is -2.29. The van der Waals surface area contributed by atoms with Crippen molar-refractivity contribution in [1.82, 2.24) is 5.32 Å². The van der Waals surface area contributed by atoms with Gasteiger partial charge in [0.25, 0.3) is 0 Å². The number of nitrogens with zero attached hydrogens (tertiary/aromatic N) is 1. The van der Waals surface area contributed by atoms with Gasteiger partial charge in [0.05, 0.1) is 11.6 Å². The van der Waals surface area contributed by atoms with Crippen molar-refractivity contribution in [1.29, 1.82) is 0 Å². The second-order valence-corrected chi connectivity index (χ2v) is 20.2. The van der Waals surface area contributed by atoms with Gasteiger partial charge in [0.2, 0.25) is 5.90 Å². The van der Waals surface area contributed by atoms with Crippen molar-refractivity contribution >= 4 is 14.5 Å². The van der Waals surface area contributed by atoms with Crippen LogP contribution in [0.1, 0.15) is 64.9 Å². The second kappa shape index (κ2) is 19.9. The number of nitrogens with one attached hydrogen (secondary N) is 1. The Morgan fingerprint density at radius 3 is 1.52 bits per heavy atom. The van der Waals surface area contributed by atoms with Crippen LogP contribution in [0.3, 0.4) is 0 Å². The SMILES string of the molecule is CC1(C)O[C@@H]2[C@@H](O1)C(c1ccccc1)(c1ccccc1)OP(Oc1ccccc1-c1ccc(C/C(C3=N[C@@H](c4ccccc4)CO3)=C3/N[C@@H](c4ccccc4)CO3)cc1)OC2(c1ccccc1)c1ccccc1. The van der Waals surface area contributed by atoms with E-state index in [0.29, 0.717) is 37.2 Å². The first-order valence-electron chi connectivity index (χ1n) is 24.9. The van der Waals surface area contributed by atoms with Crippen LogP contribution in [0, 0.1) is 0 Å². The molecule has 0 saturated carbocycles. The summed E-state index contributed by atoms with van der Waals surface area (Å²) in [4.78, 5) is 5.12. The molecule has 4 aliphatic heterocycles. The summed E-state index contributed by atoms with van der Waals surface area (Å²) in [5, 5.41) is 3.66. The standard InChI is InChI=1S/C63H55N2O7P/c1-61(2)68-57-58(69-61)63(50-31-17-7-18-32-50,51-33-19-8-20-34-51)72-73(71-62(57,48-27-13-5-14-28-48)49-29-15-6-16-30-49)70-56-36-22-21-35-52(56)45-39-37-44(38-40-45)41-53(59-64-54(42-66-59)46-23-9-3-10-24-46)60-65-55(43-67-60)47-25-11-4-12-26-47/h3-40,54-55,57-58,64H,41-43H2,1-2H3/b59-53+/t54-,55-,57-,58-/m1/s1. The van der Waals surface area contributed by atoms with Crippen molar-refractivity contribution in [3.63, 3.8) is 0 Å². The van der Waals surface area contributed by atoms with Gasteiger partial charge in [-0.25, -0.2) is 4.99 Å². The zero-order valence-electron chi connectivity index (χ0n) is 40.6. The number of para-hydroxylation sites is 1. The molecule has 0 aromatic heterocycles. The number of rotatable bonds is 12. The number of fused-ring (bicyclic) bond motifs is 1. The summed E-state index contributed by atoms with van der Waals surface area (Å²) in [6.07, 6.45) is -0.934. The van der Waals surface area contributed by atoms with Gasteiger partial charge < -0.3 is 28.8 Å². The van der Waals surface area contributed by atoms with Gasteiger partial charge in [-0.05, 0) is 64.4 Å². The van der Waals surface area contributed by atoms with Crippen LogP contribution in [-0.2, 0) is 45.6 Å². The minimum absolute atomic E-state index is 0.00247. The van der Waals surface area contributed by atoms with Crippen LogP contribution >= 0.6 is 8.60 Å². The monoisotopic (exact) mass is 982 g/mol. The third kappa shape index (κ3) is 9.03. The maximum Gasteiger partial charge on any atom is 0.399 e. The first-order valence-corrected chi connectivity index (χ1v) is 26.0. The number of benzene rings is 8. The summed E-state index contributed by atoms with van der Waals surface area (Å²) in [5.74, 6) is 0.851. The molecule has 8 aromatic carbocycles. The Morgan fingerprint density at radius 2 is 1.00 bits per heavy atom. The van der Waals surface area contributed by atoms with E-state index in [2.05, 4.69) is 121 Å². The zero-order valence-corrected chi connectivity index (χ0v) is 41.5. The summed E-state index contributed by atoms with van der Waals surface area (Å²) in [7, 11) is -2.29. The zero-order chi connectivity index (χ0) is 49.2. The van der Waals surface area contributed by atoms with Gasteiger partial charge in [-0.1, -0.05) is 224 Å². The largest absolute Gasteiger partial charge is 0.476 e. The molecule has 364 valence electrons. The van der Waals surface area contributed by atoms with E-state index in [4.69, 9.17) is 37.5 Å².